The van der Waals surface area contributed by atoms with E-state index in [2.05, 4.69) is 0 Å². The van der Waals surface area contributed by atoms with Gasteiger partial charge in [-0.15, -0.1) is 0 Å². The molecule has 0 unspecified atom stereocenters. The molecule has 6 nitrogen and oxygen atoms in total. The number of allylic oxidation sites excluding steroid dienone is 1. The summed E-state index contributed by atoms with van der Waals surface area (Å²) >= 11 is 6.23. The molecule has 3 aromatic rings. The average Bonchev–Trinajstić information content (AvgIpc) is 3.13. The summed E-state index contributed by atoms with van der Waals surface area (Å²) in [5.74, 6) is 1.23. The number of aryl methyl sites for hydroxylation is 1. The lowest BCUT2D eigenvalue weighted by Crippen LogP contribution is -2.12. The van der Waals surface area contributed by atoms with Crippen LogP contribution in [0.3, 0.4) is 0 Å². The van der Waals surface area contributed by atoms with Crippen LogP contribution in [0.2, 0.25) is 5.02 Å². The molecular weight excluding hydrogens is 444 g/mol. The Balaban J connectivity index is 1.39. The van der Waals surface area contributed by atoms with Gasteiger partial charge in [0.25, 0.3) is 0 Å². The van der Waals surface area contributed by atoms with Gasteiger partial charge in [0.15, 0.2) is 24.9 Å². The monoisotopic (exact) mass is 462 g/mol. The first-order valence-corrected chi connectivity index (χ1v) is 10.7. The summed E-state index contributed by atoms with van der Waals surface area (Å²) in [7, 11) is 0. The molecule has 33 heavy (non-hydrogen) atoms. The number of Topliss-reactive ketones (excluding diaryl/α,β-unsaturated/α-hetero) is 2. The van der Waals surface area contributed by atoms with Crippen molar-refractivity contribution in [3.63, 3.8) is 0 Å². The van der Waals surface area contributed by atoms with Gasteiger partial charge in [-0.3, -0.25) is 9.59 Å². The van der Waals surface area contributed by atoms with E-state index in [-0.39, 0.29) is 30.7 Å². The third kappa shape index (κ3) is 4.23. The van der Waals surface area contributed by atoms with E-state index < -0.39 is 0 Å². The molecule has 0 fully saturated rings. The predicted octanol–water partition coefficient (Wildman–Crippen LogP) is 5.39. The average molecular weight is 463 g/mol. The van der Waals surface area contributed by atoms with E-state index in [1.54, 1.807) is 61.5 Å². The fourth-order valence-electron chi connectivity index (χ4n) is 3.87. The predicted molar refractivity (Wildman–Crippen MR) is 122 cm³/mol. The third-order valence-electron chi connectivity index (χ3n) is 5.40. The molecule has 2 aliphatic heterocycles. The molecule has 0 N–H and O–H groups in total. The summed E-state index contributed by atoms with van der Waals surface area (Å²) in [5.41, 5.74) is 3.17. The zero-order chi connectivity index (χ0) is 22.9. The molecule has 0 amide bonds. The van der Waals surface area contributed by atoms with Gasteiger partial charge in [-0.2, -0.15) is 0 Å². The molecule has 0 spiro atoms. The smallest absolute Gasteiger partial charge is 0.232 e. The van der Waals surface area contributed by atoms with E-state index in [4.69, 9.17) is 30.5 Å². The number of hydrogen-bond donors (Lipinski definition) is 0. The molecule has 3 aromatic carbocycles. The maximum Gasteiger partial charge on any atom is 0.232 e. The van der Waals surface area contributed by atoms with E-state index >= 15 is 0 Å². The van der Waals surface area contributed by atoms with Crippen molar-refractivity contribution in [2.75, 3.05) is 13.4 Å². The minimum absolute atomic E-state index is 0.118. The maximum atomic E-state index is 13.1. The SMILES string of the molecule is Cc1cc(OCC(=O)c2ccccc2)cc2c1C(=O)/C(=C/c1cc(Cl)cc3c1OCOC3)O2. The first-order valence-electron chi connectivity index (χ1n) is 10.3. The molecule has 0 atom stereocenters. The van der Waals surface area contributed by atoms with Crippen LogP contribution in [-0.4, -0.2) is 25.0 Å². The van der Waals surface area contributed by atoms with E-state index in [0.717, 1.165) is 5.56 Å². The van der Waals surface area contributed by atoms with E-state index in [9.17, 15) is 9.59 Å². The first-order chi connectivity index (χ1) is 16.0. The molecule has 5 rings (SSSR count). The molecule has 2 aliphatic rings. The Hall–Kier alpha value is -3.61. The zero-order valence-electron chi connectivity index (χ0n) is 17.7. The van der Waals surface area contributed by atoms with E-state index in [1.807, 2.05) is 6.07 Å². The lowest BCUT2D eigenvalue weighted by molar-refractivity contribution is -0.0165. The molecule has 2 heterocycles. The van der Waals surface area contributed by atoms with Crippen LogP contribution in [0.25, 0.3) is 6.08 Å². The fraction of sp³-hybridized carbons (Fsp3) is 0.154. The third-order valence-corrected chi connectivity index (χ3v) is 5.62. The van der Waals surface area contributed by atoms with Crippen LogP contribution < -0.4 is 14.2 Å². The van der Waals surface area contributed by atoms with Gasteiger partial charge in [-0.1, -0.05) is 41.9 Å². The van der Waals surface area contributed by atoms with Crippen molar-refractivity contribution in [1.29, 1.82) is 0 Å². The highest BCUT2D eigenvalue weighted by molar-refractivity contribution is 6.31. The standard InChI is InChI=1S/C26H19ClO6/c1-15-7-20(31-13-21(28)16-5-3-2-4-6-16)11-22-24(15)25(29)23(33-22)10-17-8-19(27)9-18-12-30-14-32-26(17)18/h2-11H,12-14H2,1H3/b23-10-. The highest BCUT2D eigenvalue weighted by Crippen LogP contribution is 2.39. The van der Waals surface area contributed by atoms with Gasteiger partial charge in [0.1, 0.15) is 17.2 Å². The van der Waals surface area contributed by atoms with Crippen molar-refractivity contribution in [2.24, 2.45) is 0 Å². The van der Waals surface area contributed by atoms with E-state index in [0.29, 0.717) is 51.1 Å². The summed E-state index contributed by atoms with van der Waals surface area (Å²) < 4.78 is 22.5. The molecule has 0 saturated heterocycles. The number of fused-ring (bicyclic) bond motifs is 2. The van der Waals surface area contributed by atoms with Gasteiger partial charge < -0.3 is 18.9 Å². The van der Waals surface area contributed by atoms with Crippen molar-refractivity contribution >= 4 is 29.2 Å². The van der Waals surface area contributed by atoms with Crippen LogP contribution in [0.1, 0.15) is 37.4 Å². The molecule has 0 aromatic heterocycles. The number of carbonyl (C=O) groups excluding carboxylic acids is 2. The number of benzene rings is 3. The molecule has 7 heteroatoms. The lowest BCUT2D eigenvalue weighted by Gasteiger charge is -2.20. The molecule has 0 radical (unpaired) electrons. The summed E-state index contributed by atoms with van der Waals surface area (Å²) in [5, 5.41) is 0.507. The molecular formula is C26H19ClO6. The summed E-state index contributed by atoms with van der Waals surface area (Å²) in [6.45, 7) is 2.19. The van der Waals surface area contributed by atoms with Crippen LogP contribution in [0.5, 0.6) is 17.2 Å². The minimum Gasteiger partial charge on any atom is -0.485 e. The normalized spacial score (nSPS) is 15.5. The highest BCUT2D eigenvalue weighted by Gasteiger charge is 2.31. The van der Waals surface area contributed by atoms with Crippen molar-refractivity contribution in [2.45, 2.75) is 13.5 Å². The number of halogens is 1. The number of rotatable bonds is 5. The number of carbonyl (C=O) groups is 2. The van der Waals surface area contributed by atoms with Gasteiger partial charge in [-0.05, 0) is 36.8 Å². The van der Waals surface area contributed by atoms with Gasteiger partial charge in [0.05, 0.1) is 12.2 Å². The summed E-state index contributed by atoms with van der Waals surface area (Å²) in [4.78, 5) is 25.4. The summed E-state index contributed by atoms with van der Waals surface area (Å²) in [6.07, 6.45) is 1.62. The summed E-state index contributed by atoms with van der Waals surface area (Å²) in [6, 6.07) is 15.8. The quantitative estimate of drug-likeness (QED) is 0.374. The Bertz CT molecular complexity index is 1300. The number of hydrogen-bond acceptors (Lipinski definition) is 6. The topological polar surface area (TPSA) is 71.1 Å². The second kappa shape index (κ2) is 8.73. The fourth-order valence-corrected chi connectivity index (χ4v) is 4.12. The lowest BCUT2D eigenvalue weighted by atomic mass is 10.0. The maximum absolute atomic E-state index is 13.1. The zero-order valence-corrected chi connectivity index (χ0v) is 18.5. The van der Waals surface area contributed by atoms with Crippen LogP contribution in [0.4, 0.5) is 0 Å². The van der Waals surface area contributed by atoms with Crippen molar-refractivity contribution in [3.05, 3.63) is 93.2 Å². The van der Waals surface area contributed by atoms with Gasteiger partial charge in [0.2, 0.25) is 5.78 Å². The van der Waals surface area contributed by atoms with Gasteiger partial charge >= 0.3 is 0 Å². The second-order valence-corrected chi connectivity index (χ2v) is 8.16. The van der Waals surface area contributed by atoms with Crippen LogP contribution in [-0.2, 0) is 11.3 Å². The van der Waals surface area contributed by atoms with Crippen LogP contribution >= 0.6 is 11.6 Å². The Morgan fingerprint density at radius 1 is 1.15 bits per heavy atom. The minimum atomic E-state index is -0.241. The Morgan fingerprint density at radius 2 is 1.97 bits per heavy atom. The Labute approximate surface area is 195 Å². The first kappa shape index (κ1) is 21.2. The molecule has 0 aliphatic carbocycles. The van der Waals surface area contributed by atoms with E-state index in [1.165, 1.54) is 0 Å². The van der Waals surface area contributed by atoms with Gasteiger partial charge in [0, 0.05) is 27.8 Å². The van der Waals surface area contributed by atoms with Crippen LogP contribution in [0.15, 0.2) is 60.4 Å². The van der Waals surface area contributed by atoms with Crippen molar-refractivity contribution in [1.82, 2.24) is 0 Å². The van der Waals surface area contributed by atoms with Crippen molar-refractivity contribution < 1.29 is 28.5 Å². The second-order valence-electron chi connectivity index (χ2n) is 7.72. The Kier molecular flexibility index (Phi) is 5.62. The van der Waals surface area contributed by atoms with Crippen molar-refractivity contribution in [3.8, 4) is 17.2 Å². The van der Waals surface area contributed by atoms with Gasteiger partial charge in [-0.25, -0.2) is 0 Å². The number of ether oxygens (including phenoxy) is 4. The molecule has 166 valence electrons. The largest absolute Gasteiger partial charge is 0.485 e. The van der Waals surface area contributed by atoms with Crippen LogP contribution in [0, 0.1) is 6.92 Å². The Morgan fingerprint density at radius 3 is 2.79 bits per heavy atom. The number of ketones is 2. The molecule has 0 saturated carbocycles. The highest BCUT2D eigenvalue weighted by atomic mass is 35.5. The molecule has 0 bridgehead atoms.